The van der Waals surface area contributed by atoms with E-state index in [9.17, 15) is 8.42 Å². The molecule has 2 aromatic rings. The zero-order chi connectivity index (χ0) is 18.0. The summed E-state index contributed by atoms with van der Waals surface area (Å²) in [4.78, 5) is 6.51. The summed E-state index contributed by atoms with van der Waals surface area (Å²) in [5.74, 6) is 1.56. The van der Waals surface area contributed by atoms with Crippen LogP contribution in [0.2, 0.25) is 0 Å². The van der Waals surface area contributed by atoms with Crippen LogP contribution >= 0.6 is 0 Å². The van der Waals surface area contributed by atoms with E-state index in [1.165, 1.54) is 9.87 Å². The molecule has 1 fully saturated rings. The van der Waals surface area contributed by atoms with Crippen LogP contribution in [0.25, 0.3) is 11.4 Å². The van der Waals surface area contributed by atoms with Gasteiger partial charge in [-0.3, -0.25) is 4.90 Å². The second kappa shape index (κ2) is 7.20. The van der Waals surface area contributed by atoms with Crippen molar-refractivity contribution in [2.24, 2.45) is 5.14 Å². The van der Waals surface area contributed by atoms with Crippen molar-refractivity contribution in [1.29, 1.82) is 0 Å². The van der Waals surface area contributed by atoms with Gasteiger partial charge < -0.3 is 4.52 Å². The molecule has 1 saturated heterocycles. The van der Waals surface area contributed by atoms with Crippen LogP contribution in [0, 0.1) is 0 Å². The average Bonchev–Trinajstić information content (AvgIpc) is 3.03. The quantitative estimate of drug-likeness (QED) is 0.853. The van der Waals surface area contributed by atoms with Crippen molar-refractivity contribution in [3.63, 3.8) is 0 Å². The molecule has 1 aromatic heterocycles. The molecule has 1 aromatic carbocycles. The maximum Gasteiger partial charge on any atom is 0.276 e. The van der Waals surface area contributed by atoms with E-state index in [1.54, 1.807) is 0 Å². The van der Waals surface area contributed by atoms with Crippen molar-refractivity contribution in [1.82, 2.24) is 19.3 Å². The smallest absolute Gasteiger partial charge is 0.276 e. The maximum atomic E-state index is 11.3. The van der Waals surface area contributed by atoms with Gasteiger partial charge in [-0.2, -0.15) is 17.7 Å². The van der Waals surface area contributed by atoms with Crippen molar-refractivity contribution in [3.05, 3.63) is 35.7 Å². The first-order valence-electron chi connectivity index (χ1n) is 8.26. The van der Waals surface area contributed by atoms with Crippen LogP contribution in [-0.4, -0.2) is 53.9 Å². The van der Waals surface area contributed by atoms with E-state index in [4.69, 9.17) is 9.66 Å². The van der Waals surface area contributed by atoms with Gasteiger partial charge in [0.05, 0.1) is 6.54 Å². The highest BCUT2D eigenvalue weighted by Gasteiger charge is 2.25. The van der Waals surface area contributed by atoms with Crippen molar-refractivity contribution in [2.75, 3.05) is 26.2 Å². The van der Waals surface area contributed by atoms with E-state index in [2.05, 4.69) is 41.0 Å². The van der Waals surface area contributed by atoms with Gasteiger partial charge in [0, 0.05) is 31.7 Å². The first-order chi connectivity index (χ1) is 11.8. The van der Waals surface area contributed by atoms with Crippen LogP contribution < -0.4 is 5.14 Å². The monoisotopic (exact) mass is 365 g/mol. The Hall–Kier alpha value is -1.81. The molecule has 0 radical (unpaired) electrons. The Kier molecular flexibility index (Phi) is 5.19. The Balaban J connectivity index is 1.61. The molecule has 2 heterocycles. The van der Waals surface area contributed by atoms with Gasteiger partial charge >= 0.3 is 0 Å². The summed E-state index contributed by atoms with van der Waals surface area (Å²) >= 11 is 0. The molecule has 1 aliphatic heterocycles. The fraction of sp³-hybridized carbons (Fsp3) is 0.500. The van der Waals surface area contributed by atoms with Crippen molar-refractivity contribution in [2.45, 2.75) is 26.3 Å². The van der Waals surface area contributed by atoms with Gasteiger partial charge in [0.15, 0.2) is 0 Å². The minimum atomic E-state index is -3.61. The van der Waals surface area contributed by atoms with E-state index in [-0.39, 0.29) is 0 Å². The number of nitrogens with two attached hydrogens (primary N) is 1. The Labute approximate surface area is 147 Å². The molecule has 3 rings (SSSR count). The van der Waals surface area contributed by atoms with Crippen molar-refractivity contribution >= 4 is 10.2 Å². The molecule has 8 nitrogen and oxygen atoms in total. The normalized spacial score (nSPS) is 17.3. The van der Waals surface area contributed by atoms with E-state index in [0.717, 1.165) is 5.56 Å². The van der Waals surface area contributed by atoms with Gasteiger partial charge in [0.25, 0.3) is 10.2 Å². The largest absolute Gasteiger partial charge is 0.338 e. The minimum Gasteiger partial charge on any atom is -0.338 e. The molecule has 0 saturated carbocycles. The lowest BCUT2D eigenvalue weighted by atomic mass is 10.0. The highest BCUT2D eigenvalue weighted by Crippen LogP contribution is 2.21. The molecular weight excluding hydrogens is 342 g/mol. The second-order valence-electron chi connectivity index (χ2n) is 6.51. The molecule has 0 unspecified atom stereocenters. The zero-order valence-corrected chi connectivity index (χ0v) is 15.2. The predicted molar refractivity (Wildman–Crippen MR) is 93.8 cm³/mol. The Bertz CT molecular complexity index is 809. The van der Waals surface area contributed by atoms with Gasteiger partial charge in [0.2, 0.25) is 11.7 Å². The summed E-state index contributed by atoms with van der Waals surface area (Å²) in [5.41, 5.74) is 2.18. The number of hydrogen-bond donors (Lipinski definition) is 1. The molecule has 0 atom stereocenters. The lowest BCUT2D eigenvalue weighted by Crippen LogP contribution is -2.50. The average molecular weight is 365 g/mol. The fourth-order valence-electron chi connectivity index (χ4n) is 2.79. The third-order valence-electron chi connectivity index (χ3n) is 4.35. The predicted octanol–water partition coefficient (Wildman–Crippen LogP) is 1.18. The minimum absolute atomic E-state index is 0.372. The van der Waals surface area contributed by atoms with Gasteiger partial charge in [-0.15, -0.1) is 0 Å². The lowest BCUT2D eigenvalue weighted by Gasteiger charge is -2.31. The molecular formula is C16H23N5O3S. The zero-order valence-electron chi connectivity index (χ0n) is 14.4. The van der Waals surface area contributed by atoms with Crippen LogP contribution in [0.4, 0.5) is 0 Å². The standard InChI is InChI=1S/C16H23N5O3S/c1-12(2)13-3-5-14(6-4-13)16-18-15(24-19-16)11-20-7-9-21(10-8-20)25(17,22)23/h3-6,12H,7-11H2,1-2H3,(H2,17,22,23). The summed E-state index contributed by atoms with van der Waals surface area (Å²) < 4.78 is 29.3. The Morgan fingerprint density at radius 2 is 1.80 bits per heavy atom. The third kappa shape index (κ3) is 4.43. The first kappa shape index (κ1) is 18.0. The second-order valence-corrected chi connectivity index (χ2v) is 8.05. The van der Waals surface area contributed by atoms with Crippen molar-refractivity contribution in [3.8, 4) is 11.4 Å². The van der Waals surface area contributed by atoms with Gasteiger partial charge in [-0.1, -0.05) is 43.3 Å². The molecule has 1 aliphatic rings. The van der Waals surface area contributed by atoms with Gasteiger partial charge in [-0.25, -0.2) is 5.14 Å². The first-order valence-corrected chi connectivity index (χ1v) is 9.76. The molecule has 0 aliphatic carbocycles. The molecule has 9 heteroatoms. The molecule has 25 heavy (non-hydrogen) atoms. The number of hydrogen-bond acceptors (Lipinski definition) is 6. The number of piperazine rings is 1. The highest BCUT2D eigenvalue weighted by atomic mass is 32.2. The van der Waals surface area contributed by atoms with E-state index >= 15 is 0 Å². The summed E-state index contributed by atoms with van der Waals surface area (Å²) in [6.45, 7) is 6.70. The van der Waals surface area contributed by atoms with Crippen LogP contribution in [-0.2, 0) is 16.8 Å². The SMILES string of the molecule is CC(C)c1ccc(-c2noc(CN3CCN(S(N)(=O)=O)CC3)n2)cc1. The van der Waals surface area contributed by atoms with Crippen LogP contribution in [0.5, 0.6) is 0 Å². The van der Waals surface area contributed by atoms with Crippen LogP contribution in [0.1, 0.15) is 31.2 Å². The lowest BCUT2D eigenvalue weighted by molar-refractivity contribution is 0.163. The van der Waals surface area contributed by atoms with Crippen molar-refractivity contribution < 1.29 is 12.9 Å². The Morgan fingerprint density at radius 3 is 2.36 bits per heavy atom. The summed E-state index contributed by atoms with van der Waals surface area (Å²) in [7, 11) is -3.61. The number of nitrogens with zero attached hydrogens (tertiary/aromatic N) is 4. The van der Waals surface area contributed by atoms with Gasteiger partial charge in [-0.05, 0) is 11.5 Å². The summed E-state index contributed by atoms with van der Waals surface area (Å²) in [5, 5.41) is 9.19. The van der Waals surface area contributed by atoms with E-state index in [0.29, 0.717) is 50.4 Å². The summed E-state index contributed by atoms with van der Waals surface area (Å²) in [6, 6.07) is 8.13. The van der Waals surface area contributed by atoms with E-state index < -0.39 is 10.2 Å². The van der Waals surface area contributed by atoms with E-state index in [1.807, 2.05) is 12.1 Å². The topological polar surface area (TPSA) is 106 Å². The highest BCUT2D eigenvalue weighted by molar-refractivity contribution is 7.86. The number of aromatic nitrogens is 2. The number of rotatable bonds is 5. The third-order valence-corrected chi connectivity index (χ3v) is 5.44. The molecule has 0 bridgehead atoms. The van der Waals surface area contributed by atoms with Crippen LogP contribution in [0.15, 0.2) is 28.8 Å². The Morgan fingerprint density at radius 1 is 1.16 bits per heavy atom. The van der Waals surface area contributed by atoms with Crippen LogP contribution in [0.3, 0.4) is 0 Å². The van der Waals surface area contributed by atoms with Gasteiger partial charge in [0.1, 0.15) is 0 Å². The molecule has 0 amide bonds. The summed E-state index contributed by atoms with van der Waals surface area (Å²) in [6.07, 6.45) is 0. The maximum absolute atomic E-state index is 11.3. The molecule has 2 N–H and O–H groups in total. The number of benzene rings is 1. The fourth-order valence-corrected chi connectivity index (χ4v) is 3.46. The molecule has 0 spiro atoms. The molecule has 136 valence electrons.